The van der Waals surface area contributed by atoms with Crippen LogP contribution in [0.5, 0.6) is 0 Å². The van der Waals surface area contributed by atoms with Crippen molar-refractivity contribution in [1.82, 2.24) is 19.2 Å². The van der Waals surface area contributed by atoms with Crippen LogP contribution >= 0.6 is 31.9 Å². The van der Waals surface area contributed by atoms with Crippen LogP contribution in [0.2, 0.25) is 0 Å². The Morgan fingerprint density at radius 3 is 2.12 bits per heavy atom. The topological polar surface area (TPSA) is 89.7 Å². The van der Waals surface area contributed by atoms with Gasteiger partial charge in [0.2, 0.25) is 5.91 Å². The number of amides is 1. The predicted octanol–water partition coefficient (Wildman–Crippen LogP) is 3.73. The van der Waals surface area contributed by atoms with Crippen LogP contribution in [0.3, 0.4) is 0 Å². The molecule has 4 rings (SSSR count). The molecular weight excluding hydrogens is 452 g/mol. The summed E-state index contributed by atoms with van der Waals surface area (Å²) in [5, 5.41) is 10.8. The molecule has 0 unspecified atom stereocenters. The van der Waals surface area contributed by atoms with Gasteiger partial charge in [-0.25, -0.2) is 9.03 Å². The van der Waals surface area contributed by atoms with Crippen molar-refractivity contribution in [2.24, 2.45) is 0 Å². The Balaban J connectivity index is 0.000000150. The third-order valence-electron chi connectivity index (χ3n) is 3.22. The van der Waals surface area contributed by atoms with Crippen LogP contribution in [0.25, 0.3) is 11.0 Å². The van der Waals surface area contributed by atoms with E-state index in [0.717, 1.165) is 20.0 Å². The largest absolute Gasteiger partial charge is 0.382 e. The fourth-order valence-electron chi connectivity index (χ4n) is 2.22. The summed E-state index contributed by atoms with van der Waals surface area (Å²) in [5.74, 6) is 0.978. The first-order valence-electron chi connectivity index (χ1n) is 7.25. The molecule has 9 heteroatoms. The number of nitrogens with one attached hydrogen (secondary N) is 1. The molecule has 0 aromatic carbocycles. The number of carbonyl (C=O) groups excluding carboxylic acids is 1. The summed E-state index contributed by atoms with van der Waals surface area (Å²) >= 11 is 6.80. The molecule has 4 aromatic heterocycles. The second-order valence-corrected chi connectivity index (χ2v) is 6.86. The minimum absolute atomic E-state index is 0.121. The van der Waals surface area contributed by atoms with Crippen LogP contribution in [0.15, 0.2) is 57.7 Å². The van der Waals surface area contributed by atoms with Gasteiger partial charge >= 0.3 is 0 Å². The quantitative estimate of drug-likeness (QED) is 0.448. The Morgan fingerprint density at radius 2 is 1.60 bits per heavy atom. The molecule has 0 aliphatic rings. The van der Waals surface area contributed by atoms with E-state index < -0.39 is 0 Å². The first kappa shape index (κ1) is 17.4. The Labute approximate surface area is 160 Å². The van der Waals surface area contributed by atoms with E-state index in [9.17, 15) is 4.79 Å². The highest BCUT2D eigenvalue weighted by Crippen LogP contribution is 2.20. The third kappa shape index (κ3) is 3.99. The Kier molecular flexibility index (Phi) is 5.05. The van der Waals surface area contributed by atoms with E-state index in [1.807, 2.05) is 48.8 Å². The maximum atomic E-state index is 10.8. The van der Waals surface area contributed by atoms with Crippen LogP contribution in [0, 0.1) is 0 Å². The van der Waals surface area contributed by atoms with E-state index in [2.05, 4.69) is 47.4 Å². The van der Waals surface area contributed by atoms with E-state index >= 15 is 0 Å². The number of halogens is 2. The predicted molar refractivity (Wildman–Crippen MR) is 105 cm³/mol. The van der Waals surface area contributed by atoms with Gasteiger partial charge in [-0.2, -0.15) is 5.10 Å². The summed E-state index contributed by atoms with van der Waals surface area (Å²) in [6.07, 6.45) is 3.68. The summed E-state index contributed by atoms with van der Waals surface area (Å²) in [4.78, 5) is 10.8. The molecule has 128 valence electrons. The van der Waals surface area contributed by atoms with Crippen molar-refractivity contribution in [2.45, 2.75) is 6.92 Å². The van der Waals surface area contributed by atoms with Gasteiger partial charge in [-0.05, 0) is 56.1 Å². The molecule has 0 spiro atoms. The molecule has 0 aliphatic heterocycles. The molecule has 0 saturated heterocycles. The zero-order chi connectivity index (χ0) is 18.0. The molecule has 7 nitrogen and oxygen atoms in total. The lowest BCUT2D eigenvalue weighted by molar-refractivity contribution is -0.114. The van der Waals surface area contributed by atoms with Crippen LogP contribution in [-0.4, -0.2) is 25.1 Å². The molecular formula is C16H14Br2N6O. The molecule has 0 fully saturated rings. The number of carbonyl (C=O) groups is 1. The number of hydrogen-bond acceptors (Lipinski definition) is 4. The van der Waals surface area contributed by atoms with Gasteiger partial charge in [-0.3, -0.25) is 4.79 Å². The summed E-state index contributed by atoms with van der Waals surface area (Å²) in [6.45, 7) is 1.46. The highest BCUT2D eigenvalue weighted by molar-refractivity contribution is 9.11. The van der Waals surface area contributed by atoms with Crippen molar-refractivity contribution >= 4 is 60.4 Å². The van der Waals surface area contributed by atoms with Gasteiger partial charge in [-0.1, -0.05) is 0 Å². The second kappa shape index (κ2) is 7.24. The lowest BCUT2D eigenvalue weighted by atomic mass is 10.4. The fourth-order valence-corrected chi connectivity index (χ4v) is 3.12. The van der Waals surface area contributed by atoms with E-state index in [-0.39, 0.29) is 5.91 Å². The number of anilines is 2. The standard InChI is InChI=1S/C9H8BrN3O.C7H6BrN3/c1-6(14)11-9-5-8-7(10)3-2-4-13(8)12-9;8-5-2-1-3-11-6(5)4-7(9)10-11/h2-5H,1H3,(H,11,12,14);1-4H,(H2,9,10). The normalized spacial score (nSPS) is 10.5. The molecule has 0 atom stereocenters. The first-order chi connectivity index (χ1) is 11.9. The smallest absolute Gasteiger partial charge is 0.222 e. The van der Waals surface area contributed by atoms with Gasteiger partial charge in [0.25, 0.3) is 0 Å². The van der Waals surface area contributed by atoms with Crippen molar-refractivity contribution in [2.75, 3.05) is 11.1 Å². The molecule has 4 aromatic rings. The molecule has 0 saturated carbocycles. The Hall–Kier alpha value is -2.39. The number of fused-ring (bicyclic) bond motifs is 2. The lowest BCUT2D eigenvalue weighted by Crippen LogP contribution is -2.06. The maximum absolute atomic E-state index is 10.8. The summed E-state index contributed by atoms with van der Waals surface area (Å²) < 4.78 is 5.39. The number of nitrogen functional groups attached to an aromatic ring is 1. The highest BCUT2D eigenvalue weighted by atomic mass is 79.9. The van der Waals surface area contributed by atoms with Crippen molar-refractivity contribution in [1.29, 1.82) is 0 Å². The third-order valence-corrected chi connectivity index (χ3v) is 4.56. The molecule has 3 N–H and O–H groups in total. The summed E-state index contributed by atoms with van der Waals surface area (Å²) in [6, 6.07) is 11.3. The van der Waals surface area contributed by atoms with Gasteiger partial charge < -0.3 is 11.1 Å². The number of aromatic nitrogens is 4. The van der Waals surface area contributed by atoms with Crippen molar-refractivity contribution in [3.05, 3.63) is 57.7 Å². The van der Waals surface area contributed by atoms with E-state index in [0.29, 0.717) is 11.6 Å². The van der Waals surface area contributed by atoms with Gasteiger partial charge in [0.05, 0.1) is 11.0 Å². The Morgan fingerprint density at radius 1 is 1.04 bits per heavy atom. The van der Waals surface area contributed by atoms with Gasteiger partial charge in [0, 0.05) is 40.4 Å². The van der Waals surface area contributed by atoms with E-state index in [1.54, 1.807) is 9.03 Å². The first-order valence-corrected chi connectivity index (χ1v) is 8.83. The zero-order valence-electron chi connectivity index (χ0n) is 13.1. The highest BCUT2D eigenvalue weighted by Gasteiger charge is 2.04. The fraction of sp³-hybridized carbons (Fsp3) is 0.0625. The van der Waals surface area contributed by atoms with Crippen LogP contribution < -0.4 is 11.1 Å². The molecule has 0 aliphatic carbocycles. The average Bonchev–Trinajstić information content (AvgIpc) is 3.11. The van der Waals surface area contributed by atoms with Gasteiger partial charge in [0.1, 0.15) is 5.82 Å². The minimum Gasteiger partial charge on any atom is -0.382 e. The maximum Gasteiger partial charge on any atom is 0.222 e. The van der Waals surface area contributed by atoms with E-state index in [1.165, 1.54) is 6.92 Å². The molecule has 4 heterocycles. The second-order valence-electron chi connectivity index (χ2n) is 5.15. The van der Waals surface area contributed by atoms with Crippen LogP contribution in [0.4, 0.5) is 11.6 Å². The van der Waals surface area contributed by atoms with Gasteiger partial charge in [-0.15, -0.1) is 5.10 Å². The average molecular weight is 466 g/mol. The summed E-state index contributed by atoms with van der Waals surface area (Å²) in [7, 11) is 0. The SMILES string of the molecule is CC(=O)Nc1cc2c(Br)cccn2n1.Nc1cc2c(Br)cccn2n1. The summed E-state index contributed by atoms with van der Waals surface area (Å²) in [5.41, 5.74) is 7.42. The van der Waals surface area contributed by atoms with Crippen LogP contribution in [0.1, 0.15) is 6.92 Å². The van der Waals surface area contributed by atoms with Crippen LogP contribution in [-0.2, 0) is 4.79 Å². The number of rotatable bonds is 1. The monoisotopic (exact) mass is 464 g/mol. The number of pyridine rings is 2. The molecule has 0 radical (unpaired) electrons. The molecule has 0 bridgehead atoms. The molecule has 1 amide bonds. The zero-order valence-corrected chi connectivity index (χ0v) is 16.3. The number of nitrogens with zero attached hydrogens (tertiary/aromatic N) is 4. The Bertz CT molecular complexity index is 1060. The lowest BCUT2D eigenvalue weighted by Gasteiger charge is -1.93. The number of hydrogen-bond donors (Lipinski definition) is 2. The van der Waals surface area contributed by atoms with Gasteiger partial charge in [0.15, 0.2) is 5.82 Å². The number of nitrogens with two attached hydrogens (primary N) is 1. The van der Waals surface area contributed by atoms with Crippen molar-refractivity contribution in [3.63, 3.8) is 0 Å². The molecule has 25 heavy (non-hydrogen) atoms. The minimum atomic E-state index is -0.121. The van der Waals surface area contributed by atoms with E-state index in [4.69, 9.17) is 5.73 Å². The van der Waals surface area contributed by atoms with Crippen molar-refractivity contribution in [3.8, 4) is 0 Å². The van der Waals surface area contributed by atoms with Crippen molar-refractivity contribution < 1.29 is 4.79 Å².